The van der Waals surface area contributed by atoms with E-state index in [0.717, 1.165) is 0 Å². The summed E-state index contributed by atoms with van der Waals surface area (Å²) in [7, 11) is -3.68. The smallest absolute Gasteiger partial charge is 0.322 e. The monoisotopic (exact) mass is 445 g/mol. The molecule has 1 aromatic carbocycles. The van der Waals surface area contributed by atoms with Crippen molar-refractivity contribution in [1.82, 2.24) is 18.8 Å². The predicted octanol–water partition coefficient (Wildman–Crippen LogP) is 1.39. The number of anilines is 1. The molecule has 0 radical (unpaired) electrons. The van der Waals surface area contributed by atoms with Crippen LogP contribution in [0.25, 0.3) is 11.0 Å². The molecule has 0 aliphatic heterocycles. The van der Waals surface area contributed by atoms with E-state index < -0.39 is 27.2 Å². The van der Waals surface area contributed by atoms with Gasteiger partial charge in [-0.25, -0.2) is 18.2 Å². The summed E-state index contributed by atoms with van der Waals surface area (Å²) in [6, 6.07) is 7.29. The van der Waals surface area contributed by atoms with Gasteiger partial charge in [-0.1, -0.05) is 19.9 Å². The molecular weight excluding hydrogens is 422 g/mol. The van der Waals surface area contributed by atoms with Crippen molar-refractivity contribution in [2.24, 2.45) is 0 Å². The molecular formula is C20H23N5O5S. The highest BCUT2D eigenvalue weighted by Gasteiger charge is 2.22. The lowest BCUT2D eigenvalue weighted by Gasteiger charge is -2.18. The SMILES string of the molecule is CCN(CC)S(=O)(=O)c1cccc(NC(=O)c2cnc3c(c2)c(=O)[nH]c(=O)n3CC)c1. The van der Waals surface area contributed by atoms with Crippen LogP contribution in [0.3, 0.4) is 0 Å². The van der Waals surface area contributed by atoms with Gasteiger partial charge in [0.2, 0.25) is 10.0 Å². The Hall–Kier alpha value is -3.31. The van der Waals surface area contributed by atoms with E-state index in [4.69, 9.17) is 0 Å². The summed E-state index contributed by atoms with van der Waals surface area (Å²) in [4.78, 5) is 43.1. The molecule has 0 fully saturated rings. The summed E-state index contributed by atoms with van der Waals surface area (Å²) < 4.78 is 28.0. The number of amides is 1. The maximum absolute atomic E-state index is 12.7. The molecule has 31 heavy (non-hydrogen) atoms. The van der Waals surface area contributed by atoms with Gasteiger partial charge in [0, 0.05) is 31.5 Å². The summed E-state index contributed by atoms with van der Waals surface area (Å²) in [6.45, 7) is 6.20. The molecule has 3 aromatic rings. The van der Waals surface area contributed by atoms with Crippen molar-refractivity contribution in [2.75, 3.05) is 18.4 Å². The molecule has 0 unspecified atom stereocenters. The Labute approximate surface area is 178 Å². The van der Waals surface area contributed by atoms with Crippen LogP contribution in [0.4, 0.5) is 5.69 Å². The summed E-state index contributed by atoms with van der Waals surface area (Å²) >= 11 is 0. The number of carbonyl (C=O) groups excluding carboxylic acids is 1. The van der Waals surface area contributed by atoms with Crippen molar-refractivity contribution in [3.8, 4) is 0 Å². The van der Waals surface area contributed by atoms with E-state index in [1.165, 1.54) is 39.3 Å². The van der Waals surface area contributed by atoms with Gasteiger partial charge in [-0.05, 0) is 31.2 Å². The number of rotatable bonds is 7. The minimum atomic E-state index is -3.68. The fraction of sp³-hybridized carbons (Fsp3) is 0.300. The highest BCUT2D eigenvalue weighted by atomic mass is 32.2. The van der Waals surface area contributed by atoms with Gasteiger partial charge in [-0.2, -0.15) is 4.31 Å². The molecule has 2 N–H and O–H groups in total. The number of fused-ring (bicyclic) bond motifs is 1. The van der Waals surface area contributed by atoms with Gasteiger partial charge in [0.15, 0.2) is 0 Å². The second kappa shape index (κ2) is 8.82. The molecule has 10 nitrogen and oxygen atoms in total. The number of aromatic nitrogens is 3. The molecule has 0 aliphatic carbocycles. The van der Waals surface area contributed by atoms with E-state index >= 15 is 0 Å². The topological polar surface area (TPSA) is 134 Å². The van der Waals surface area contributed by atoms with Crippen LogP contribution in [-0.4, -0.2) is 46.3 Å². The fourth-order valence-corrected chi connectivity index (χ4v) is 4.74. The summed E-state index contributed by atoms with van der Waals surface area (Å²) in [5.74, 6) is -0.569. The van der Waals surface area contributed by atoms with Crippen molar-refractivity contribution in [3.63, 3.8) is 0 Å². The van der Waals surface area contributed by atoms with E-state index in [2.05, 4.69) is 15.3 Å². The van der Waals surface area contributed by atoms with Crippen molar-refractivity contribution in [3.05, 3.63) is 62.9 Å². The molecule has 0 bridgehead atoms. The number of aryl methyl sites for hydroxylation is 1. The number of sulfonamides is 1. The first-order valence-electron chi connectivity index (χ1n) is 9.77. The minimum Gasteiger partial charge on any atom is -0.322 e. The largest absolute Gasteiger partial charge is 0.329 e. The van der Waals surface area contributed by atoms with Crippen LogP contribution in [0.5, 0.6) is 0 Å². The number of H-pyrrole nitrogens is 1. The average molecular weight is 446 g/mol. The standard InChI is InChI=1S/C20H23N5O5S/c1-4-24(5-2)31(29,30)15-9-7-8-14(11-15)22-18(26)13-10-16-17(21-12-13)25(6-3)20(28)23-19(16)27/h7-12H,4-6H2,1-3H3,(H,22,26)(H,23,27,28). The third kappa shape index (κ3) is 4.28. The Morgan fingerprint density at radius 1 is 1.16 bits per heavy atom. The highest BCUT2D eigenvalue weighted by Crippen LogP contribution is 2.20. The van der Waals surface area contributed by atoms with Gasteiger partial charge in [0.25, 0.3) is 11.5 Å². The van der Waals surface area contributed by atoms with E-state index in [1.807, 2.05) is 0 Å². The lowest BCUT2D eigenvalue weighted by atomic mass is 10.2. The Kier molecular flexibility index (Phi) is 6.37. The number of benzene rings is 1. The predicted molar refractivity (Wildman–Crippen MR) is 117 cm³/mol. The van der Waals surface area contributed by atoms with Crippen LogP contribution < -0.4 is 16.6 Å². The molecule has 1 amide bonds. The van der Waals surface area contributed by atoms with Crippen molar-refractivity contribution in [1.29, 1.82) is 0 Å². The van der Waals surface area contributed by atoms with Crippen LogP contribution in [0, 0.1) is 0 Å². The second-order valence-corrected chi connectivity index (χ2v) is 8.61. The van der Waals surface area contributed by atoms with Gasteiger partial charge < -0.3 is 5.32 Å². The summed E-state index contributed by atoms with van der Waals surface area (Å²) in [5.41, 5.74) is -0.655. The summed E-state index contributed by atoms with van der Waals surface area (Å²) in [5, 5.41) is 2.73. The van der Waals surface area contributed by atoms with Gasteiger partial charge in [0.05, 0.1) is 15.8 Å². The van der Waals surface area contributed by atoms with Crippen LogP contribution >= 0.6 is 0 Å². The van der Waals surface area contributed by atoms with E-state index in [1.54, 1.807) is 26.8 Å². The molecule has 0 atom stereocenters. The first kappa shape index (κ1) is 22.4. The van der Waals surface area contributed by atoms with Crippen molar-refractivity contribution < 1.29 is 13.2 Å². The van der Waals surface area contributed by atoms with E-state index in [9.17, 15) is 22.8 Å². The van der Waals surface area contributed by atoms with E-state index in [-0.39, 0.29) is 27.2 Å². The third-order valence-corrected chi connectivity index (χ3v) is 6.89. The van der Waals surface area contributed by atoms with E-state index in [0.29, 0.717) is 19.6 Å². The molecule has 3 rings (SSSR count). The van der Waals surface area contributed by atoms with Crippen LogP contribution in [-0.2, 0) is 16.6 Å². The van der Waals surface area contributed by atoms with Gasteiger partial charge in [-0.3, -0.25) is 19.1 Å². The third-order valence-electron chi connectivity index (χ3n) is 4.85. The van der Waals surface area contributed by atoms with Crippen LogP contribution in [0.1, 0.15) is 31.1 Å². The zero-order valence-electron chi connectivity index (χ0n) is 17.4. The number of nitrogens with zero attached hydrogens (tertiary/aromatic N) is 3. The Morgan fingerprint density at radius 2 is 1.87 bits per heavy atom. The zero-order valence-corrected chi connectivity index (χ0v) is 18.2. The van der Waals surface area contributed by atoms with Crippen molar-refractivity contribution >= 4 is 32.7 Å². The second-order valence-electron chi connectivity index (χ2n) is 6.67. The van der Waals surface area contributed by atoms with Gasteiger partial charge >= 0.3 is 5.69 Å². The lowest BCUT2D eigenvalue weighted by molar-refractivity contribution is 0.102. The number of aromatic amines is 1. The van der Waals surface area contributed by atoms with Crippen LogP contribution in [0.2, 0.25) is 0 Å². The Balaban J connectivity index is 1.95. The minimum absolute atomic E-state index is 0.0639. The first-order chi connectivity index (χ1) is 14.7. The van der Waals surface area contributed by atoms with Crippen LogP contribution in [0.15, 0.2) is 51.0 Å². The van der Waals surface area contributed by atoms with Gasteiger partial charge in [-0.15, -0.1) is 0 Å². The number of hydrogen-bond acceptors (Lipinski definition) is 6. The normalized spacial score (nSPS) is 11.7. The average Bonchev–Trinajstić information content (AvgIpc) is 2.74. The Bertz CT molecular complexity index is 1360. The van der Waals surface area contributed by atoms with Gasteiger partial charge in [0.1, 0.15) is 5.65 Å². The molecule has 0 saturated heterocycles. The lowest BCUT2D eigenvalue weighted by Crippen LogP contribution is -2.31. The number of carbonyl (C=O) groups is 1. The van der Waals surface area contributed by atoms with Crippen molar-refractivity contribution in [2.45, 2.75) is 32.2 Å². The molecule has 164 valence electrons. The number of pyridine rings is 1. The summed E-state index contributed by atoms with van der Waals surface area (Å²) in [6.07, 6.45) is 1.26. The molecule has 11 heteroatoms. The zero-order chi connectivity index (χ0) is 22.8. The maximum Gasteiger partial charge on any atom is 0.329 e. The number of hydrogen-bond donors (Lipinski definition) is 2. The molecule has 0 saturated carbocycles. The highest BCUT2D eigenvalue weighted by molar-refractivity contribution is 7.89. The molecule has 0 aliphatic rings. The maximum atomic E-state index is 12.7. The number of nitrogens with one attached hydrogen (secondary N) is 2. The molecule has 2 heterocycles. The fourth-order valence-electron chi connectivity index (χ4n) is 3.24. The molecule has 0 spiro atoms. The Morgan fingerprint density at radius 3 is 2.52 bits per heavy atom. The molecule has 2 aromatic heterocycles. The quantitative estimate of drug-likeness (QED) is 0.564. The first-order valence-corrected chi connectivity index (χ1v) is 11.2.